The minimum Gasteiger partial charge on any atom is -0.497 e. The standard InChI is InChI=1S/C43H52N7O9P/c1-27(2)50(28(3)4)60(57-24-12-23-44)59-37-35(58-41(38(37)55-8)49-26-45-36-39(49)47-42(46-29(5)51)48-40(36)52)25-56-43(30-13-10-9-11-14-30,31-15-19-33(53-6)20-16-31)32-17-21-34(54-7)22-18-32/h9-11,13-22,26-28,35,37-38,41H,12,24-25H2,1-8H3,(H2,46,47,48,51,52)/t35-,37+,38?,41-,60?/m1/s1. The number of carbonyl (C=O) groups is 1. The van der Waals surface area contributed by atoms with Crippen LogP contribution in [0.5, 0.6) is 11.5 Å². The number of anilines is 1. The van der Waals surface area contributed by atoms with Crippen molar-refractivity contribution in [1.82, 2.24) is 24.2 Å². The summed E-state index contributed by atoms with van der Waals surface area (Å²) in [7, 11) is 2.99. The van der Waals surface area contributed by atoms with Crippen LogP contribution in [0, 0.1) is 11.3 Å². The maximum absolute atomic E-state index is 13.2. The number of aromatic nitrogens is 4. The van der Waals surface area contributed by atoms with Gasteiger partial charge in [-0.05, 0) is 68.7 Å². The number of fused-ring (bicyclic) bond motifs is 1. The number of carbonyl (C=O) groups excluding carboxylic acids is 1. The summed E-state index contributed by atoms with van der Waals surface area (Å²) in [6.07, 6.45) is -1.85. The lowest BCUT2D eigenvalue weighted by molar-refractivity contribution is -0.114. The summed E-state index contributed by atoms with van der Waals surface area (Å²) in [4.78, 5) is 36.6. The van der Waals surface area contributed by atoms with Crippen LogP contribution in [0.25, 0.3) is 11.2 Å². The molecule has 2 aromatic heterocycles. The van der Waals surface area contributed by atoms with Crippen LogP contribution in [0.15, 0.2) is 90.0 Å². The molecular formula is C43H52N7O9P. The molecule has 5 aromatic rings. The Bertz CT molecular complexity index is 2230. The molecule has 0 saturated carbocycles. The number of hydrogen-bond acceptors (Lipinski definition) is 13. The van der Waals surface area contributed by atoms with Gasteiger partial charge in [0.2, 0.25) is 11.9 Å². The van der Waals surface area contributed by atoms with Gasteiger partial charge in [0.15, 0.2) is 17.4 Å². The summed E-state index contributed by atoms with van der Waals surface area (Å²) in [6.45, 7) is 9.64. The lowest BCUT2D eigenvalue weighted by Crippen LogP contribution is -2.42. The van der Waals surface area contributed by atoms with Gasteiger partial charge in [-0.3, -0.25) is 24.5 Å². The number of amides is 1. The van der Waals surface area contributed by atoms with E-state index in [1.54, 1.807) is 25.9 Å². The van der Waals surface area contributed by atoms with Gasteiger partial charge >= 0.3 is 0 Å². The first-order valence-corrected chi connectivity index (χ1v) is 20.7. The number of hydrogen-bond donors (Lipinski definition) is 2. The largest absolute Gasteiger partial charge is 0.497 e. The van der Waals surface area contributed by atoms with E-state index in [-0.39, 0.29) is 48.8 Å². The zero-order valence-corrected chi connectivity index (χ0v) is 35.9. The summed E-state index contributed by atoms with van der Waals surface area (Å²) in [6, 6.07) is 27.5. The van der Waals surface area contributed by atoms with Gasteiger partial charge in [0, 0.05) is 26.1 Å². The van der Waals surface area contributed by atoms with E-state index >= 15 is 0 Å². The number of nitrogens with zero attached hydrogens (tertiary/aromatic N) is 5. The first kappa shape index (κ1) is 44.3. The number of methoxy groups -OCH3 is 3. The Labute approximate surface area is 350 Å². The van der Waals surface area contributed by atoms with Crippen LogP contribution in [0.4, 0.5) is 5.95 Å². The Hall–Kier alpha value is -5.24. The second-order valence-electron chi connectivity index (χ2n) is 14.6. The van der Waals surface area contributed by atoms with E-state index in [0.29, 0.717) is 11.5 Å². The molecule has 3 aromatic carbocycles. The number of benzene rings is 3. The third kappa shape index (κ3) is 9.38. The Kier molecular flexibility index (Phi) is 14.7. The zero-order valence-electron chi connectivity index (χ0n) is 35.0. The summed E-state index contributed by atoms with van der Waals surface area (Å²) < 4.78 is 48.8. The third-order valence-electron chi connectivity index (χ3n) is 10.1. The molecule has 0 bridgehead atoms. The zero-order chi connectivity index (χ0) is 43.0. The molecule has 2 N–H and O–H groups in total. The van der Waals surface area contributed by atoms with Crippen molar-refractivity contribution < 1.29 is 37.5 Å². The van der Waals surface area contributed by atoms with Crippen molar-refractivity contribution in [3.8, 4) is 17.6 Å². The van der Waals surface area contributed by atoms with E-state index in [2.05, 4.69) is 58.7 Å². The van der Waals surface area contributed by atoms with Crippen molar-refractivity contribution in [1.29, 1.82) is 5.26 Å². The molecular weight excluding hydrogens is 789 g/mol. The molecule has 60 heavy (non-hydrogen) atoms. The van der Waals surface area contributed by atoms with E-state index in [9.17, 15) is 14.9 Å². The van der Waals surface area contributed by atoms with Crippen LogP contribution >= 0.6 is 8.53 Å². The van der Waals surface area contributed by atoms with E-state index in [4.69, 9.17) is 32.7 Å². The number of imidazole rings is 1. The molecule has 1 amide bonds. The highest BCUT2D eigenvalue weighted by atomic mass is 31.2. The molecule has 1 aliphatic heterocycles. The molecule has 1 fully saturated rings. The van der Waals surface area contributed by atoms with Gasteiger partial charge < -0.3 is 32.7 Å². The van der Waals surface area contributed by atoms with Crippen molar-refractivity contribution in [3.63, 3.8) is 0 Å². The molecule has 1 aliphatic rings. The van der Waals surface area contributed by atoms with Crippen molar-refractivity contribution in [3.05, 3.63) is 112 Å². The number of nitrogens with one attached hydrogen (secondary N) is 2. The normalized spacial score (nSPS) is 18.6. The number of nitriles is 1. The number of ether oxygens (including phenoxy) is 5. The van der Waals surface area contributed by atoms with Crippen LogP contribution in [0.3, 0.4) is 0 Å². The molecule has 3 heterocycles. The fourth-order valence-electron chi connectivity index (χ4n) is 7.46. The van der Waals surface area contributed by atoms with Gasteiger partial charge in [-0.25, -0.2) is 9.65 Å². The second-order valence-corrected chi connectivity index (χ2v) is 16.0. The molecule has 6 rings (SSSR count). The molecule has 0 aliphatic carbocycles. The van der Waals surface area contributed by atoms with E-state index in [1.807, 2.05) is 78.9 Å². The first-order chi connectivity index (χ1) is 28.9. The minimum atomic E-state index is -1.80. The van der Waals surface area contributed by atoms with Crippen LogP contribution in [-0.2, 0) is 33.7 Å². The van der Waals surface area contributed by atoms with Gasteiger partial charge in [0.25, 0.3) is 14.1 Å². The predicted molar refractivity (Wildman–Crippen MR) is 226 cm³/mol. The van der Waals surface area contributed by atoms with Crippen LogP contribution in [-0.4, -0.2) is 95.0 Å². The SMILES string of the molecule is COc1ccc(C(OC[C@H]2O[C@@H](n3cnc4c(=O)[nH]c(NC(C)=O)nc43)C(OC)[C@H]2OP(OCCC#N)N(C(C)C)C(C)C)(c2ccccc2)c2ccc(OC)cc2)cc1. The fraction of sp³-hybridized carbons (Fsp3) is 0.419. The average molecular weight is 842 g/mol. The molecule has 318 valence electrons. The average Bonchev–Trinajstić information content (AvgIpc) is 3.82. The molecule has 0 spiro atoms. The minimum absolute atomic E-state index is 0.00333. The Morgan fingerprint density at radius 1 is 0.950 bits per heavy atom. The number of rotatable bonds is 19. The highest BCUT2D eigenvalue weighted by molar-refractivity contribution is 7.44. The number of aromatic amines is 1. The fourth-order valence-corrected chi connectivity index (χ4v) is 9.23. The van der Waals surface area contributed by atoms with Gasteiger partial charge in [0.1, 0.15) is 35.4 Å². The quantitative estimate of drug-likeness (QED) is 0.0511. The molecule has 5 atom stereocenters. The van der Waals surface area contributed by atoms with Crippen molar-refractivity contribution in [2.45, 2.75) is 83.3 Å². The summed E-state index contributed by atoms with van der Waals surface area (Å²) >= 11 is 0. The maximum atomic E-state index is 13.2. The Morgan fingerprint density at radius 2 is 1.55 bits per heavy atom. The molecule has 1 saturated heterocycles. The van der Waals surface area contributed by atoms with Gasteiger partial charge in [-0.15, -0.1) is 0 Å². The van der Waals surface area contributed by atoms with Gasteiger partial charge in [-0.2, -0.15) is 10.2 Å². The topological polar surface area (TPSA) is 184 Å². The smallest absolute Gasteiger partial charge is 0.280 e. The Morgan fingerprint density at radius 3 is 2.08 bits per heavy atom. The van der Waals surface area contributed by atoms with Crippen molar-refractivity contribution in [2.24, 2.45) is 0 Å². The summed E-state index contributed by atoms with van der Waals surface area (Å²) in [5.74, 6) is 0.897. The van der Waals surface area contributed by atoms with E-state index in [1.165, 1.54) is 13.3 Å². The highest BCUT2D eigenvalue weighted by Gasteiger charge is 2.51. The van der Waals surface area contributed by atoms with Crippen molar-refractivity contribution in [2.75, 3.05) is 39.9 Å². The molecule has 2 unspecified atom stereocenters. The molecule has 17 heteroatoms. The first-order valence-electron chi connectivity index (χ1n) is 19.6. The van der Waals surface area contributed by atoms with Crippen LogP contribution in [0.1, 0.15) is 64.0 Å². The maximum Gasteiger partial charge on any atom is 0.280 e. The van der Waals surface area contributed by atoms with Gasteiger partial charge in [0.05, 0.1) is 46.3 Å². The van der Waals surface area contributed by atoms with Crippen molar-refractivity contribution >= 4 is 31.5 Å². The molecule has 0 radical (unpaired) electrons. The third-order valence-corrected chi connectivity index (χ3v) is 12.2. The van der Waals surface area contributed by atoms with E-state index < -0.39 is 50.1 Å². The lowest BCUT2D eigenvalue weighted by Gasteiger charge is -2.39. The monoisotopic (exact) mass is 841 g/mol. The second kappa shape index (κ2) is 19.9. The van der Waals surface area contributed by atoms with E-state index in [0.717, 1.165) is 16.7 Å². The highest BCUT2D eigenvalue weighted by Crippen LogP contribution is 2.51. The summed E-state index contributed by atoms with van der Waals surface area (Å²) in [5.41, 5.74) is 0.924. The Balaban J connectivity index is 1.50. The summed E-state index contributed by atoms with van der Waals surface area (Å²) in [5, 5.41) is 12.0. The van der Waals surface area contributed by atoms with Gasteiger partial charge in [-0.1, -0.05) is 54.6 Å². The van der Waals surface area contributed by atoms with Crippen LogP contribution < -0.4 is 20.3 Å². The number of H-pyrrole nitrogens is 1. The predicted octanol–water partition coefficient (Wildman–Crippen LogP) is 6.68. The van der Waals surface area contributed by atoms with Crippen LogP contribution in [0.2, 0.25) is 0 Å². The lowest BCUT2D eigenvalue weighted by atomic mass is 9.80. The molecule has 16 nitrogen and oxygen atoms in total.